The Balaban J connectivity index is 1.58. The van der Waals surface area contributed by atoms with E-state index in [1.54, 1.807) is 0 Å². The molecule has 0 bridgehead atoms. The van der Waals surface area contributed by atoms with Crippen molar-refractivity contribution in [2.75, 3.05) is 24.6 Å². The van der Waals surface area contributed by atoms with Gasteiger partial charge in [-0.15, -0.1) is 0 Å². The zero-order chi connectivity index (χ0) is 17.2. The lowest BCUT2D eigenvalue weighted by Crippen LogP contribution is -2.20. The number of benzene rings is 1. The Kier molecular flexibility index (Phi) is 4.72. The molecule has 134 valence electrons. The molecule has 25 heavy (non-hydrogen) atoms. The molecule has 2 aliphatic rings. The van der Waals surface area contributed by atoms with Gasteiger partial charge in [-0.25, -0.2) is 9.67 Å². The van der Waals surface area contributed by atoms with Gasteiger partial charge in [0.05, 0.1) is 6.10 Å². The first-order chi connectivity index (χ1) is 12.2. The van der Waals surface area contributed by atoms with Crippen molar-refractivity contribution in [2.45, 2.75) is 50.7 Å². The van der Waals surface area contributed by atoms with Crippen molar-refractivity contribution in [1.29, 1.82) is 0 Å². The van der Waals surface area contributed by atoms with Crippen molar-refractivity contribution in [3.63, 3.8) is 0 Å². The molecule has 4 rings (SSSR count). The third-order valence-electron chi connectivity index (χ3n) is 5.34. The van der Waals surface area contributed by atoms with Gasteiger partial charge in [0.15, 0.2) is 11.6 Å². The van der Waals surface area contributed by atoms with Crippen LogP contribution in [0.1, 0.15) is 43.8 Å². The Labute approximate surface area is 148 Å². The van der Waals surface area contributed by atoms with Gasteiger partial charge in [0, 0.05) is 43.4 Å². The molecule has 1 aliphatic heterocycles. The maximum Gasteiger partial charge on any atom is 0.158 e. The van der Waals surface area contributed by atoms with Gasteiger partial charge >= 0.3 is 0 Å². The molecular formula is C19H26N4O2. The quantitative estimate of drug-likeness (QED) is 0.841. The minimum atomic E-state index is -0.216. The van der Waals surface area contributed by atoms with Crippen LogP contribution < -0.4 is 4.90 Å². The summed E-state index contributed by atoms with van der Waals surface area (Å²) in [6, 6.07) is 8.37. The van der Waals surface area contributed by atoms with Gasteiger partial charge in [-0.05, 0) is 49.9 Å². The van der Waals surface area contributed by atoms with Crippen LogP contribution >= 0.6 is 0 Å². The number of aromatic nitrogens is 3. The Morgan fingerprint density at radius 1 is 1.12 bits per heavy atom. The molecule has 1 atom stereocenters. The predicted molar refractivity (Wildman–Crippen MR) is 96.6 cm³/mol. The standard InChI is InChI=1S/C19H26N4O2/c24-12-2-10-23-19(20-18(21-23)14-3-1-4-14)15-5-7-16(8-6-15)22-11-9-17(25)13-22/h5-8,14,17,24-25H,1-4,9-13H2. The lowest BCUT2D eigenvalue weighted by Gasteiger charge is -2.21. The van der Waals surface area contributed by atoms with Gasteiger partial charge in [0.25, 0.3) is 0 Å². The van der Waals surface area contributed by atoms with Crippen molar-refractivity contribution in [3.05, 3.63) is 30.1 Å². The van der Waals surface area contributed by atoms with E-state index in [2.05, 4.69) is 29.2 Å². The molecule has 0 amide bonds. The lowest BCUT2D eigenvalue weighted by molar-refractivity contribution is 0.198. The molecule has 0 radical (unpaired) electrons. The zero-order valence-corrected chi connectivity index (χ0v) is 14.5. The summed E-state index contributed by atoms with van der Waals surface area (Å²) in [5.74, 6) is 2.34. The number of aliphatic hydroxyl groups excluding tert-OH is 2. The van der Waals surface area contributed by atoms with Crippen LogP contribution in [-0.2, 0) is 6.54 Å². The first-order valence-corrected chi connectivity index (χ1v) is 9.33. The van der Waals surface area contributed by atoms with Crippen molar-refractivity contribution < 1.29 is 10.2 Å². The smallest absolute Gasteiger partial charge is 0.158 e. The van der Waals surface area contributed by atoms with Gasteiger partial charge in [-0.2, -0.15) is 5.10 Å². The second-order valence-electron chi connectivity index (χ2n) is 7.16. The minimum absolute atomic E-state index is 0.161. The molecule has 1 aliphatic carbocycles. The van der Waals surface area contributed by atoms with Gasteiger partial charge < -0.3 is 15.1 Å². The van der Waals surface area contributed by atoms with E-state index < -0.39 is 0 Å². The molecule has 1 saturated carbocycles. The van der Waals surface area contributed by atoms with Gasteiger partial charge in [0.2, 0.25) is 0 Å². The zero-order valence-electron chi connectivity index (χ0n) is 14.5. The maximum atomic E-state index is 9.71. The molecule has 0 spiro atoms. The number of rotatable bonds is 6. The Morgan fingerprint density at radius 2 is 1.92 bits per heavy atom. The fraction of sp³-hybridized carbons (Fsp3) is 0.579. The van der Waals surface area contributed by atoms with Crippen LogP contribution in [0, 0.1) is 0 Å². The molecule has 1 aromatic carbocycles. The fourth-order valence-corrected chi connectivity index (χ4v) is 3.59. The number of hydrogen-bond donors (Lipinski definition) is 2. The number of aryl methyl sites for hydroxylation is 1. The molecule has 2 heterocycles. The topological polar surface area (TPSA) is 74.4 Å². The lowest BCUT2D eigenvalue weighted by atomic mass is 9.85. The Bertz CT molecular complexity index is 709. The monoisotopic (exact) mass is 342 g/mol. The summed E-state index contributed by atoms with van der Waals surface area (Å²) >= 11 is 0. The minimum Gasteiger partial charge on any atom is -0.396 e. The average molecular weight is 342 g/mol. The molecule has 6 nitrogen and oxygen atoms in total. The highest BCUT2D eigenvalue weighted by Gasteiger charge is 2.25. The largest absolute Gasteiger partial charge is 0.396 e. The number of hydrogen-bond acceptors (Lipinski definition) is 5. The molecule has 1 aromatic heterocycles. The average Bonchev–Trinajstić information content (AvgIpc) is 3.18. The summed E-state index contributed by atoms with van der Waals surface area (Å²) in [5.41, 5.74) is 2.19. The number of nitrogens with zero attached hydrogens (tertiary/aromatic N) is 4. The third-order valence-corrected chi connectivity index (χ3v) is 5.34. The predicted octanol–water partition coefficient (Wildman–Crippen LogP) is 2.17. The first kappa shape index (κ1) is 16.5. The second kappa shape index (κ2) is 7.14. The fourth-order valence-electron chi connectivity index (χ4n) is 3.59. The van der Waals surface area contributed by atoms with Gasteiger partial charge in [-0.1, -0.05) is 6.42 Å². The summed E-state index contributed by atoms with van der Waals surface area (Å²) in [5, 5.41) is 23.6. The number of aliphatic hydroxyl groups is 2. The highest BCUT2D eigenvalue weighted by molar-refractivity contribution is 5.61. The molecule has 6 heteroatoms. The van der Waals surface area contributed by atoms with E-state index in [4.69, 9.17) is 15.2 Å². The highest BCUT2D eigenvalue weighted by atomic mass is 16.3. The van der Waals surface area contributed by atoms with Crippen LogP contribution in [0.3, 0.4) is 0 Å². The summed E-state index contributed by atoms with van der Waals surface area (Å²) < 4.78 is 1.94. The van der Waals surface area contributed by atoms with Crippen molar-refractivity contribution in [1.82, 2.24) is 14.8 Å². The number of β-amino-alcohol motifs (C(OH)–C–C–N with tert-alkyl or cyclic N) is 1. The van der Waals surface area contributed by atoms with E-state index in [9.17, 15) is 5.11 Å². The van der Waals surface area contributed by atoms with Crippen LogP contribution in [0.15, 0.2) is 24.3 Å². The van der Waals surface area contributed by atoms with Crippen molar-refractivity contribution >= 4 is 5.69 Å². The highest BCUT2D eigenvalue weighted by Crippen LogP contribution is 2.35. The SMILES string of the molecule is OCCCn1nc(C2CCC2)nc1-c1ccc(N2CCC(O)C2)cc1. The number of anilines is 1. The Hall–Kier alpha value is -1.92. The molecule has 2 fully saturated rings. The van der Waals surface area contributed by atoms with Crippen LogP contribution in [0.5, 0.6) is 0 Å². The van der Waals surface area contributed by atoms with Crippen molar-refractivity contribution in [2.24, 2.45) is 0 Å². The Morgan fingerprint density at radius 3 is 2.52 bits per heavy atom. The van der Waals surface area contributed by atoms with E-state index in [1.165, 1.54) is 19.3 Å². The molecule has 1 unspecified atom stereocenters. The van der Waals surface area contributed by atoms with E-state index in [0.717, 1.165) is 35.9 Å². The summed E-state index contributed by atoms with van der Waals surface area (Å²) in [7, 11) is 0. The van der Waals surface area contributed by atoms with E-state index in [-0.39, 0.29) is 12.7 Å². The molecule has 2 N–H and O–H groups in total. The second-order valence-corrected chi connectivity index (χ2v) is 7.16. The van der Waals surface area contributed by atoms with E-state index in [1.807, 2.05) is 4.68 Å². The molecular weight excluding hydrogens is 316 g/mol. The van der Waals surface area contributed by atoms with E-state index >= 15 is 0 Å². The first-order valence-electron chi connectivity index (χ1n) is 9.33. The van der Waals surface area contributed by atoms with Crippen LogP contribution in [-0.4, -0.2) is 50.8 Å². The summed E-state index contributed by atoms with van der Waals surface area (Å²) in [4.78, 5) is 7.02. The van der Waals surface area contributed by atoms with Crippen LogP contribution in [0.25, 0.3) is 11.4 Å². The summed E-state index contributed by atoms with van der Waals surface area (Å²) in [6.07, 6.45) is 4.93. The third kappa shape index (κ3) is 3.41. The normalized spacial score (nSPS) is 20.9. The van der Waals surface area contributed by atoms with Crippen LogP contribution in [0.2, 0.25) is 0 Å². The summed E-state index contributed by atoms with van der Waals surface area (Å²) in [6.45, 7) is 2.46. The van der Waals surface area contributed by atoms with Crippen molar-refractivity contribution in [3.8, 4) is 11.4 Å². The maximum absolute atomic E-state index is 9.71. The van der Waals surface area contributed by atoms with Gasteiger partial charge in [0.1, 0.15) is 0 Å². The van der Waals surface area contributed by atoms with Gasteiger partial charge in [-0.3, -0.25) is 0 Å². The van der Waals surface area contributed by atoms with E-state index in [0.29, 0.717) is 25.4 Å². The van der Waals surface area contributed by atoms with Crippen LogP contribution in [0.4, 0.5) is 5.69 Å². The molecule has 2 aromatic rings. The molecule has 1 saturated heterocycles.